The summed E-state index contributed by atoms with van der Waals surface area (Å²) in [5.41, 5.74) is 2.05. The van der Waals surface area contributed by atoms with Gasteiger partial charge in [-0.25, -0.2) is 0 Å². The SMILES string of the molecule is CCCN1C(=O)CCC(C(=O)O)C1c1ccc(C)cc1. The molecule has 0 bridgehead atoms. The van der Waals surface area contributed by atoms with Crippen molar-refractivity contribution in [3.8, 4) is 0 Å². The van der Waals surface area contributed by atoms with Crippen molar-refractivity contribution in [1.29, 1.82) is 0 Å². The molecular formula is C16H21NO3. The maximum atomic E-state index is 12.1. The van der Waals surface area contributed by atoms with E-state index in [2.05, 4.69) is 0 Å². The molecule has 1 N–H and O–H groups in total. The summed E-state index contributed by atoms with van der Waals surface area (Å²) in [6, 6.07) is 7.48. The largest absolute Gasteiger partial charge is 0.481 e. The van der Waals surface area contributed by atoms with Gasteiger partial charge in [-0.05, 0) is 25.3 Å². The van der Waals surface area contributed by atoms with Crippen LogP contribution in [0.1, 0.15) is 43.4 Å². The van der Waals surface area contributed by atoms with Crippen LogP contribution in [0.4, 0.5) is 0 Å². The van der Waals surface area contributed by atoms with Crippen LogP contribution in [0.2, 0.25) is 0 Å². The third kappa shape index (κ3) is 2.84. The van der Waals surface area contributed by atoms with Gasteiger partial charge in [0, 0.05) is 13.0 Å². The van der Waals surface area contributed by atoms with Gasteiger partial charge in [-0.3, -0.25) is 9.59 Å². The summed E-state index contributed by atoms with van der Waals surface area (Å²) in [7, 11) is 0. The first-order valence-electron chi connectivity index (χ1n) is 7.13. The van der Waals surface area contributed by atoms with Crippen LogP contribution in [0.5, 0.6) is 0 Å². The molecule has 0 spiro atoms. The number of benzene rings is 1. The van der Waals surface area contributed by atoms with Crippen LogP contribution in [-0.4, -0.2) is 28.4 Å². The van der Waals surface area contributed by atoms with E-state index in [9.17, 15) is 14.7 Å². The Balaban J connectivity index is 2.39. The van der Waals surface area contributed by atoms with E-state index in [1.165, 1.54) is 0 Å². The van der Waals surface area contributed by atoms with Crippen molar-refractivity contribution in [2.75, 3.05) is 6.54 Å². The Bertz CT molecular complexity index is 495. The van der Waals surface area contributed by atoms with Gasteiger partial charge < -0.3 is 10.0 Å². The quantitative estimate of drug-likeness (QED) is 0.919. The number of carboxylic acid groups (broad SMARTS) is 1. The zero-order valence-corrected chi connectivity index (χ0v) is 12.0. The van der Waals surface area contributed by atoms with Gasteiger partial charge in [0.1, 0.15) is 0 Å². The molecule has 1 saturated heterocycles. The van der Waals surface area contributed by atoms with Crippen LogP contribution in [0.25, 0.3) is 0 Å². The Hall–Kier alpha value is -1.84. The highest BCUT2D eigenvalue weighted by atomic mass is 16.4. The Kier molecular flexibility index (Phi) is 4.42. The summed E-state index contributed by atoms with van der Waals surface area (Å²) in [5, 5.41) is 9.46. The fourth-order valence-corrected chi connectivity index (χ4v) is 2.89. The van der Waals surface area contributed by atoms with E-state index in [1.54, 1.807) is 4.90 Å². The molecule has 0 aromatic heterocycles. The molecule has 4 nitrogen and oxygen atoms in total. The highest BCUT2D eigenvalue weighted by Gasteiger charge is 2.40. The number of carbonyl (C=O) groups is 2. The molecule has 0 radical (unpaired) electrons. The average molecular weight is 275 g/mol. The molecule has 1 aromatic rings. The maximum absolute atomic E-state index is 12.1. The second kappa shape index (κ2) is 6.07. The molecule has 1 amide bonds. The Labute approximate surface area is 119 Å². The molecule has 108 valence electrons. The van der Waals surface area contributed by atoms with Crippen LogP contribution in [0, 0.1) is 12.8 Å². The van der Waals surface area contributed by atoms with E-state index < -0.39 is 11.9 Å². The van der Waals surface area contributed by atoms with Gasteiger partial charge in [-0.15, -0.1) is 0 Å². The number of carboxylic acids is 1. The second-order valence-corrected chi connectivity index (χ2v) is 5.43. The summed E-state index contributed by atoms with van der Waals surface area (Å²) in [4.78, 5) is 25.4. The molecular weight excluding hydrogens is 254 g/mol. The lowest BCUT2D eigenvalue weighted by Gasteiger charge is -2.39. The molecule has 1 aliphatic rings. The zero-order valence-electron chi connectivity index (χ0n) is 12.0. The molecule has 0 aliphatic carbocycles. The van der Waals surface area contributed by atoms with Crippen molar-refractivity contribution < 1.29 is 14.7 Å². The van der Waals surface area contributed by atoms with Crippen LogP contribution in [0.15, 0.2) is 24.3 Å². The summed E-state index contributed by atoms with van der Waals surface area (Å²) in [6.07, 6.45) is 1.59. The van der Waals surface area contributed by atoms with Crippen LogP contribution in [0.3, 0.4) is 0 Å². The van der Waals surface area contributed by atoms with Gasteiger partial charge in [0.25, 0.3) is 0 Å². The topological polar surface area (TPSA) is 57.6 Å². The van der Waals surface area contributed by atoms with E-state index in [1.807, 2.05) is 38.1 Å². The maximum Gasteiger partial charge on any atom is 0.308 e. The Morgan fingerprint density at radius 2 is 2.00 bits per heavy atom. The normalized spacial score (nSPS) is 22.9. The van der Waals surface area contributed by atoms with E-state index in [-0.39, 0.29) is 11.9 Å². The first-order valence-corrected chi connectivity index (χ1v) is 7.13. The standard InChI is InChI=1S/C16H21NO3/c1-3-10-17-14(18)9-8-13(16(19)20)15(17)12-6-4-11(2)5-7-12/h4-7,13,15H,3,8-10H2,1-2H3,(H,19,20). The number of rotatable bonds is 4. The van der Waals surface area contributed by atoms with Crippen molar-refractivity contribution >= 4 is 11.9 Å². The molecule has 2 rings (SSSR count). The number of aliphatic carboxylic acids is 1. The second-order valence-electron chi connectivity index (χ2n) is 5.43. The number of hydrogen-bond donors (Lipinski definition) is 1. The van der Waals surface area contributed by atoms with Gasteiger partial charge >= 0.3 is 5.97 Å². The fraction of sp³-hybridized carbons (Fsp3) is 0.500. The summed E-state index contributed by atoms with van der Waals surface area (Å²) in [6.45, 7) is 4.61. The number of aryl methyl sites for hydroxylation is 1. The average Bonchev–Trinajstić information content (AvgIpc) is 2.42. The highest BCUT2D eigenvalue weighted by molar-refractivity contribution is 5.81. The van der Waals surface area contributed by atoms with E-state index in [4.69, 9.17) is 0 Å². The Morgan fingerprint density at radius 3 is 2.55 bits per heavy atom. The molecule has 2 atom stereocenters. The highest BCUT2D eigenvalue weighted by Crippen LogP contribution is 2.37. The summed E-state index contributed by atoms with van der Waals surface area (Å²) >= 11 is 0. The van der Waals surface area contributed by atoms with Gasteiger partial charge in [-0.2, -0.15) is 0 Å². The lowest BCUT2D eigenvalue weighted by atomic mass is 9.84. The predicted molar refractivity (Wildman–Crippen MR) is 76.3 cm³/mol. The third-order valence-corrected chi connectivity index (χ3v) is 3.91. The van der Waals surface area contributed by atoms with Crippen LogP contribution in [-0.2, 0) is 9.59 Å². The number of amides is 1. The number of carbonyl (C=O) groups excluding carboxylic acids is 1. The molecule has 4 heteroatoms. The van der Waals surface area contributed by atoms with Crippen molar-refractivity contribution in [2.45, 2.75) is 39.2 Å². The molecule has 20 heavy (non-hydrogen) atoms. The molecule has 2 unspecified atom stereocenters. The smallest absolute Gasteiger partial charge is 0.308 e. The first-order chi connectivity index (χ1) is 9.54. The predicted octanol–water partition coefficient (Wildman–Crippen LogP) is 2.77. The number of likely N-dealkylation sites (tertiary alicyclic amines) is 1. The van der Waals surface area contributed by atoms with Crippen LogP contribution < -0.4 is 0 Å². The number of nitrogens with zero attached hydrogens (tertiary/aromatic N) is 1. The van der Waals surface area contributed by atoms with E-state index >= 15 is 0 Å². The summed E-state index contributed by atoms with van der Waals surface area (Å²) < 4.78 is 0. The monoisotopic (exact) mass is 275 g/mol. The van der Waals surface area contributed by atoms with Crippen molar-refractivity contribution in [2.24, 2.45) is 5.92 Å². The lowest BCUT2D eigenvalue weighted by molar-refractivity contribution is -0.152. The van der Waals surface area contributed by atoms with Crippen LogP contribution >= 0.6 is 0 Å². The molecule has 1 heterocycles. The number of piperidine rings is 1. The van der Waals surface area contributed by atoms with Gasteiger partial charge in [0.15, 0.2) is 0 Å². The van der Waals surface area contributed by atoms with E-state index in [0.717, 1.165) is 17.5 Å². The van der Waals surface area contributed by atoms with Gasteiger partial charge in [0.2, 0.25) is 5.91 Å². The molecule has 1 aliphatic heterocycles. The fourth-order valence-electron chi connectivity index (χ4n) is 2.89. The third-order valence-electron chi connectivity index (χ3n) is 3.91. The van der Waals surface area contributed by atoms with E-state index in [0.29, 0.717) is 19.4 Å². The molecule has 0 saturated carbocycles. The zero-order chi connectivity index (χ0) is 14.7. The minimum atomic E-state index is -0.816. The molecule has 1 aromatic carbocycles. The minimum Gasteiger partial charge on any atom is -0.481 e. The van der Waals surface area contributed by atoms with Crippen molar-refractivity contribution in [3.63, 3.8) is 0 Å². The molecule has 1 fully saturated rings. The van der Waals surface area contributed by atoms with Gasteiger partial charge in [-0.1, -0.05) is 36.8 Å². The number of hydrogen-bond acceptors (Lipinski definition) is 2. The Morgan fingerprint density at radius 1 is 1.35 bits per heavy atom. The first kappa shape index (κ1) is 14.6. The lowest BCUT2D eigenvalue weighted by Crippen LogP contribution is -2.45. The van der Waals surface area contributed by atoms with Crippen molar-refractivity contribution in [3.05, 3.63) is 35.4 Å². The minimum absolute atomic E-state index is 0.0647. The van der Waals surface area contributed by atoms with Gasteiger partial charge in [0.05, 0.1) is 12.0 Å². The van der Waals surface area contributed by atoms with Crippen molar-refractivity contribution in [1.82, 2.24) is 4.90 Å². The summed E-state index contributed by atoms with van der Waals surface area (Å²) in [5.74, 6) is -1.26.